The van der Waals surface area contributed by atoms with E-state index in [-0.39, 0.29) is 5.75 Å². The highest BCUT2D eigenvalue weighted by atomic mass is 32.1. The Labute approximate surface area is 139 Å². The van der Waals surface area contributed by atoms with Crippen LogP contribution in [0.3, 0.4) is 0 Å². The third-order valence-electron chi connectivity index (χ3n) is 3.25. The average molecular weight is 336 g/mol. The summed E-state index contributed by atoms with van der Waals surface area (Å²) in [7, 11) is 0. The Morgan fingerprint density at radius 1 is 1.13 bits per heavy atom. The molecule has 0 bridgehead atoms. The van der Waals surface area contributed by atoms with Crippen LogP contribution in [0, 0.1) is 6.92 Å². The van der Waals surface area contributed by atoms with Crippen LogP contribution in [-0.2, 0) is 6.42 Å². The number of aryl methyl sites for hydroxylation is 2. The molecule has 2 aromatic rings. The molecule has 2 aromatic carbocycles. The summed E-state index contributed by atoms with van der Waals surface area (Å²) in [5.74, 6) is 0.0629. The zero-order valence-electron chi connectivity index (χ0n) is 12.9. The highest BCUT2D eigenvalue weighted by molar-refractivity contribution is 7.80. The van der Waals surface area contributed by atoms with Crippen molar-refractivity contribution in [1.29, 1.82) is 0 Å². The lowest BCUT2D eigenvalue weighted by molar-refractivity contribution is -0.0493. The van der Waals surface area contributed by atoms with E-state index in [4.69, 9.17) is 12.2 Å². The van der Waals surface area contributed by atoms with E-state index in [2.05, 4.69) is 15.4 Å². The monoisotopic (exact) mass is 336 g/mol. The van der Waals surface area contributed by atoms with Gasteiger partial charge in [0.05, 0.1) is 5.69 Å². The average Bonchev–Trinajstić information content (AvgIpc) is 2.50. The molecule has 2 rings (SSSR count). The van der Waals surface area contributed by atoms with Gasteiger partial charge in [0.2, 0.25) is 0 Å². The predicted octanol–water partition coefficient (Wildman–Crippen LogP) is 4.97. The zero-order chi connectivity index (χ0) is 16.8. The van der Waals surface area contributed by atoms with E-state index in [9.17, 15) is 8.78 Å². The number of rotatable bonds is 5. The summed E-state index contributed by atoms with van der Waals surface area (Å²) >= 11 is 5.27. The summed E-state index contributed by atoms with van der Waals surface area (Å²) in [4.78, 5) is 0. The fourth-order valence-electron chi connectivity index (χ4n) is 2.15. The van der Waals surface area contributed by atoms with Gasteiger partial charge in [-0.2, -0.15) is 8.78 Å². The van der Waals surface area contributed by atoms with Crippen LogP contribution in [0.1, 0.15) is 18.1 Å². The van der Waals surface area contributed by atoms with Crippen LogP contribution in [0.5, 0.6) is 5.75 Å². The van der Waals surface area contributed by atoms with Crippen LogP contribution in [0.4, 0.5) is 20.2 Å². The first-order chi connectivity index (χ1) is 11.0. The Balaban J connectivity index is 2.14. The Kier molecular flexibility index (Phi) is 5.87. The summed E-state index contributed by atoms with van der Waals surface area (Å²) in [6.45, 7) is 0.960. The molecular weight excluding hydrogens is 318 g/mol. The van der Waals surface area contributed by atoms with E-state index in [0.717, 1.165) is 23.2 Å². The zero-order valence-corrected chi connectivity index (χ0v) is 13.7. The van der Waals surface area contributed by atoms with Gasteiger partial charge in [0.15, 0.2) is 5.11 Å². The van der Waals surface area contributed by atoms with Crippen molar-refractivity contribution < 1.29 is 13.5 Å². The molecule has 0 aromatic heterocycles. The van der Waals surface area contributed by atoms with E-state index in [0.29, 0.717) is 10.8 Å². The molecule has 0 fully saturated rings. The third-order valence-corrected chi connectivity index (χ3v) is 3.45. The van der Waals surface area contributed by atoms with Crippen molar-refractivity contribution in [2.75, 3.05) is 10.6 Å². The molecule has 2 N–H and O–H groups in total. The van der Waals surface area contributed by atoms with Gasteiger partial charge in [-0.3, -0.25) is 0 Å². The van der Waals surface area contributed by atoms with E-state index in [1.54, 1.807) is 19.1 Å². The molecule has 6 heteroatoms. The summed E-state index contributed by atoms with van der Waals surface area (Å²) in [6, 6.07) is 12.8. The SMILES string of the molecule is CCc1ccccc1NC(=S)Nc1ccc(C)cc1OC(F)F. The number of anilines is 2. The molecule has 0 aliphatic carbocycles. The molecule has 0 radical (unpaired) electrons. The molecule has 0 saturated heterocycles. The van der Waals surface area contributed by atoms with Gasteiger partial charge >= 0.3 is 6.61 Å². The second-order valence-electron chi connectivity index (χ2n) is 4.97. The van der Waals surface area contributed by atoms with Crippen molar-refractivity contribution >= 4 is 28.7 Å². The van der Waals surface area contributed by atoms with Gasteiger partial charge in [-0.05, 0) is 54.9 Å². The number of nitrogens with one attached hydrogen (secondary N) is 2. The van der Waals surface area contributed by atoms with E-state index >= 15 is 0 Å². The molecule has 0 aliphatic rings. The van der Waals surface area contributed by atoms with Gasteiger partial charge in [-0.25, -0.2) is 0 Å². The van der Waals surface area contributed by atoms with Gasteiger partial charge in [-0.1, -0.05) is 31.2 Å². The minimum absolute atomic E-state index is 0.0629. The Morgan fingerprint density at radius 3 is 2.52 bits per heavy atom. The largest absolute Gasteiger partial charge is 0.433 e. The van der Waals surface area contributed by atoms with Crippen LogP contribution >= 0.6 is 12.2 Å². The number of para-hydroxylation sites is 1. The lowest BCUT2D eigenvalue weighted by Gasteiger charge is -2.16. The van der Waals surface area contributed by atoms with Crippen molar-refractivity contribution in [3.63, 3.8) is 0 Å². The summed E-state index contributed by atoms with van der Waals surface area (Å²) < 4.78 is 29.6. The van der Waals surface area contributed by atoms with Gasteiger partial charge in [0, 0.05) is 5.69 Å². The van der Waals surface area contributed by atoms with Crippen molar-refractivity contribution in [2.24, 2.45) is 0 Å². The van der Waals surface area contributed by atoms with Gasteiger partial charge in [-0.15, -0.1) is 0 Å². The van der Waals surface area contributed by atoms with Crippen molar-refractivity contribution in [2.45, 2.75) is 26.9 Å². The smallest absolute Gasteiger partial charge is 0.387 e. The standard InChI is InChI=1S/C17H18F2N2OS/c1-3-12-6-4-5-7-13(12)20-17(23)21-14-9-8-11(2)10-15(14)22-16(18)19/h4-10,16H,3H2,1-2H3,(H2,20,21,23). The summed E-state index contributed by atoms with van der Waals surface area (Å²) in [6.07, 6.45) is 0.857. The molecule has 0 unspecified atom stereocenters. The fraction of sp³-hybridized carbons (Fsp3) is 0.235. The van der Waals surface area contributed by atoms with Crippen LogP contribution in [0.2, 0.25) is 0 Å². The maximum absolute atomic E-state index is 12.5. The molecule has 0 atom stereocenters. The number of benzene rings is 2. The number of thiocarbonyl (C=S) groups is 1. The second kappa shape index (κ2) is 7.87. The van der Waals surface area contributed by atoms with Crippen LogP contribution < -0.4 is 15.4 Å². The van der Waals surface area contributed by atoms with E-state index < -0.39 is 6.61 Å². The lowest BCUT2D eigenvalue weighted by atomic mass is 10.1. The number of hydrogen-bond acceptors (Lipinski definition) is 2. The second-order valence-corrected chi connectivity index (χ2v) is 5.38. The molecule has 0 spiro atoms. The third kappa shape index (κ3) is 4.89. The van der Waals surface area contributed by atoms with E-state index in [1.165, 1.54) is 6.07 Å². The minimum Gasteiger partial charge on any atom is -0.433 e. The molecular formula is C17H18F2N2OS. The topological polar surface area (TPSA) is 33.3 Å². The normalized spacial score (nSPS) is 10.5. The van der Waals surface area contributed by atoms with Crippen LogP contribution in [0.15, 0.2) is 42.5 Å². The molecule has 3 nitrogen and oxygen atoms in total. The Bertz CT molecular complexity index is 692. The number of hydrogen-bond donors (Lipinski definition) is 2. The maximum atomic E-state index is 12.5. The van der Waals surface area contributed by atoms with E-state index in [1.807, 2.05) is 31.2 Å². The molecule has 122 valence electrons. The quantitative estimate of drug-likeness (QED) is 0.756. The van der Waals surface area contributed by atoms with Crippen molar-refractivity contribution in [3.05, 3.63) is 53.6 Å². The maximum Gasteiger partial charge on any atom is 0.387 e. The van der Waals surface area contributed by atoms with Crippen molar-refractivity contribution in [1.82, 2.24) is 0 Å². The molecule has 0 heterocycles. The highest BCUT2D eigenvalue weighted by Gasteiger charge is 2.11. The fourth-order valence-corrected chi connectivity index (χ4v) is 2.37. The van der Waals surface area contributed by atoms with Crippen molar-refractivity contribution in [3.8, 4) is 5.75 Å². The summed E-state index contributed by atoms with van der Waals surface area (Å²) in [5.41, 5.74) is 3.21. The minimum atomic E-state index is -2.89. The van der Waals surface area contributed by atoms with Crippen LogP contribution in [0.25, 0.3) is 0 Å². The number of halogens is 2. The first-order valence-corrected chi connectivity index (χ1v) is 7.61. The number of alkyl halides is 2. The Morgan fingerprint density at radius 2 is 1.83 bits per heavy atom. The van der Waals surface area contributed by atoms with Gasteiger partial charge < -0.3 is 15.4 Å². The summed E-state index contributed by atoms with van der Waals surface area (Å²) in [5, 5.41) is 6.30. The van der Waals surface area contributed by atoms with Gasteiger partial charge in [0.1, 0.15) is 5.75 Å². The first-order valence-electron chi connectivity index (χ1n) is 7.21. The lowest BCUT2D eigenvalue weighted by Crippen LogP contribution is -2.20. The predicted molar refractivity (Wildman–Crippen MR) is 93.5 cm³/mol. The molecule has 0 saturated carbocycles. The van der Waals surface area contributed by atoms with Gasteiger partial charge in [0.25, 0.3) is 0 Å². The Hall–Kier alpha value is -2.21. The molecule has 0 amide bonds. The molecule has 23 heavy (non-hydrogen) atoms. The molecule has 0 aliphatic heterocycles. The number of ether oxygens (including phenoxy) is 1. The first kappa shape index (κ1) is 17.1. The van der Waals surface area contributed by atoms with Crippen LogP contribution in [-0.4, -0.2) is 11.7 Å². The highest BCUT2D eigenvalue weighted by Crippen LogP contribution is 2.27.